The first-order valence-corrected chi connectivity index (χ1v) is 7.63. The average molecular weight is 310 g/mol. The van der Waals surface area contributed by atoms with Crippen molar-refractivity contribution in [1.29, 1.82) is 0 Å². The maximum absolute atomic E-state index is 11.5. The molecule has 0 aliphatic carbocycles. The number of hydrogen-bond donors (Lipinski definition) is 2. The largest absolute Gasteiger partial charge is 0.335 e. The fraction of sp³-hybridized carbons (Fsp3) is 0.467. The van der Waals surface area contributed by atoms with Gasteiger partial charge in [-0.2, -0.15) is 0 Å². The van der Waals surface area contributed by atoms with Crippen LogP contribution in [-0.2, 0) is 11.3 Å². The molecule has 0 aromatic heterocycles. The van der Waals surface area contributed by atoms with Crippen LogP contribution in [0, 0.1) is 0 Å². The lowest BCUT2D eigenvalue weighted by atomic mass is 10.0. The zero-order chi connectivity index (χ0) is 15.1. The lowest BCUT2D eigenvalue weighted by molar-refractivity contribution is -0.117. The Morgan fingerprint density at radius 1 is 1.19 bits per heavy atom. The van der Waals surface area contributed by atoms with E-state index in [1.165, 1.54) is 5.56 Å². The van der Waals surface area contributed by atoms with Crippen LogP contribution in [0.4, 0.5) is 4.79 Å². The molecular weight excluding hydrogens is 290 g/mol. The summed E-state index contributed by atoms with van der Waals surface area (Å²) in [6.07, 6.45) is 1.77. The first kappa shape index (κ1) is 15.8. The van der Waals surface area contributed by atoms with Crippen molar-refractivity contribution in [2.75, 3.05) is 19.0 Å². The Balaban J connectivity index is 1.71. The van der Waals surface area contributed by atoms with Crippen LogP contribution >= 0.6 is 11.6 Å². The standard InChI is InChI=1S/C15H20ClN3O2/c16-10-14(20)18-15(21)17-13-6-8-19(9-7-13)11-12-4-2-1-3-5-12/h1-5,13H,6-11H2,(H2,17,18,20,21). The van der Waals surface area contributed by atoms with E-state index >= 15 is 0 Å². The van der Waals surface area contributed by atoms with E-state index in [-0.39, 0.29) is 11.9 Å². The second-order valence-electron chi connectivity index (χ2n) is 5.19. The van der Waals surface area contributed by atoms with Gasteiger partial charge in [-0.1, -0.05) is 30.3 Å². The topological polar surface area (TPSA) is 61.4 Å². The van der Waals surface area contributed by atoms with Gasteiger partial charge >= 0.3 is 6.03 Å². The number of nitrogens with zero attached hydrogens (tertiary/aromatic N) is 1. The van der Waals surface area contributed by atoms with Crippen molar-refractivity contribution in [3.63, 3.8) is 0 Å². The molecule has 1 aliphatic rings. The molecule has 1 aromatic rings. The minimum Gasteiger partial charge on any atom is -0.335 e. The van der Waals surface area contributed by atoms with Crippen molar-refractivity contribution in [2.45, 2.75) is 25.4 Å². The van der Waals surface area contributed by atoms with Crippen LogP contribution in [0.1, 0.15) is 18.4 Å². The van der Waals surface area contributed by atoms with Crippen LogP contribution in [0.3, 0.4) is 0 Å². The molecule has 1 aliphatic heterocycles. The minimum atomic E-state index is -0.476. The predicted molar refractivity (Wildman–Crippen MR) is 82.1 cm³/mol. The lowest BCUT2D eigenvalue weighted by Gasteiger charge is -2.32. The number of imide groups is 1. The average Bonchev–Trinajstić information content (AvgIpc) is 2.50. The molecule has 5 nitrogen and oxygen atoms in total. The molecule has 3 amide bonds. The van der Waals surface area contributed by atoms with Crippen molar-refractivity contribution in [2.24, 2.45) is 0 Å². The summed E-state index contributed by atoms with van der Waals surface area (Å²) in [6.45, 7) is 2.80. The van der Waals surface area contributed by atoms with Gasteiger partial charge in [-0.3, -0.25) is 15.0 Å². The number of urea groups is 1. The van der Waals surface area contributed by atoms with Gasteiger partial charge in [-0.05, 0) is 18.4 Å². The second kappa shape index (κ2) is 8.00. The number of amides is 3. The first-order valence-electron chi connectivity index (χ1n) is 7.10. The van der Waals surface area contributed by atoms with E-state index in [0.717, 1.165) is 32.5 Å². The maximum atomic E-state index is 11.5. The normalized spacial score (nSPS) is 16.4. The fourth-order valence-corrected chi connectivity index (χ4v) is 2.53. The number of rotatable bonds is 4. The van der Waals surface area contributed by atoms with Gasteiger partial charge in [-0.25, -0.2) is 4.79 Å². The van der Waals surface area contributed by atoms with Crippen molar-refractivity contribution < 1.29 is 9.59 Å². The van der Waals surface area contributed by atoms with Crippen LogP contribution in [0.2, 0.25) is 0 Å². The summed E-state index contributed by atoms with van der Waals surface area (Å²) in [4.78, 5) is 24.9. The third-order valence-electron chi connectivity index (χ3n) is 3.55. The summed E-state index contributed by atoms with van der Waals surface area (Å²) in [6, 6.07) is 10.00. The Hall–Kier alpha value is -1.59. The molecule has 1 saturated heterocycles. The van der Waals surface area contributed by atoms with Crippen LogP contribution in [0.25, 0.3) is 0 Å². The Labute approximate surface area is 129 Å². The Bertz CT molecular complexity index is 473. The number of carbonyl (C=O) groups is 2. The first-order chi connectivity index (χ1) is 10.2. The van der Waals surface area contributed by atoms with Crippen LogP contribution in [0.5, 0.6) is 0 Å². The van der Waals surface area contributed by atoms with Crippen molar-refractivity contribution >= 4 is 23.5 Å². The van der Waals surface area contributed by atoms with Crippen LogP contribution in [0.15, 0.2) is 30.3 Å². The van der Waals surface area contributed by atoms with E-state index in [2.05, 4.69) is 27.7 Å². The molecule has 1 heterocycles. The Kier molecular flexibility index (Phi) is 6.02. The summed E-state index contributed by atoms with van der Waals surface area (Å²) in [5.41, 5.74) is 1.30. The molecule has 6 heteroatoms. The third kappa shape index (κ3) is 5.36. The highest BCUT2D eigenvalue weighted by molar-refractivity contribution is 6.28. The number of alkyl halides is 1. The van der Waals surface area contributed by atoms with E-state index < -0.39 is 11.9 Å². The smallest absolute Gasteiger partial charge is 0.321 e. The van der Waals surface area contributed by atoms with Gasteiger partial charge in [-0.15, -0.1) is 11.6 Å². The molecule has 0 atom stereocenters. The number of halogens is 1. The Morgan fingerprint density at radius 3 is 2.48 bits per heavy atom. The Morgan fingerprint density at radius 2 is 1.86 bits per heavy atom. The van der Waals surface area contributed by atoms with E-state index in [9.17, 15) is 9.59 Å². The molecule has 0 spiro atoms. The molecule has 21 heavy (non-hydrogen) atoms. The molecule has 0 radical (unpaired) electrons. The SMILES string of the molecule is O=C(CCl)NC(=O)NC1CCN(Cc2ccccc2)CC1. The monoisotopic (exact) mass is 309 g/mol. The quantitative estimate of drug-likeness (QED) is 0.833. The summed E-state index contributed by atoms with van der Waals surface area (Å²) in [7, 11) is 0. The summed E-state index contributed by atoms with van der Waals surface area (Å²) in [5.74, 6) is -0.682. The summed E-state index contributed by atoms with van der Waals surface area (Å²) < 4.78 is 0. The van der Waals surface area contributed by atoms with Crippen molar-refractivity contribution in [3.8, 4) is 0 Å². The van der Waals surface area contributed by atoms with Gasteiger partial charge in [0.05, 0.1) is 0 Å². The highest BCUT2D eigenvalue weighted by Gasteiger charge is 2.21. The molecule has 0 unspecified atom stereocenters. The van der Waals surface area contributed by atoms with E-state index in [1.54, 1.807) is 0 Å². The van der Waals surface area contributed by atoms with Crippen LogP contribution < -0.4 is 10.6 Å². The van der Waals surface area contributed by atoms with Crippen molar-refractivity contribution in [1.82, 2.24) is 15.5 Å². The fourth-order valence-electron chi connectivity index (χ4n) is 2.46. The van der Waals surface area contributed by atoms with Gasteiger partial charge < -0.3 is 5.32 Å². The second-order valence-corrected chi connectivity index (χ2v) is 5.46. The van der Waals surface area contributed by atoms with Crippen molar-refractivity contribution in [3.05, 3.63) is 35.9 Å². The molecule has 114 valence electrons. The molecule has 0 bridgehead atoms. The van der Waals surface area contributed by atoms with E-state index in [0.29, 0.717) is 0 Å². The zero-order valence-corrected chi connectivity index (χ0v) is 12.6. The molecular formula is C15H20ClN3O2. The number of piperidine rings is 1. The van der Waals surface area contributed by atoms with Gasteiger partial charge in [0, 0.05) is 25.7 Å². The minimum absolute atomic E-state index is 0.111. The van der Waals surface area contributed by atoms with E-state index in [4.69, 9.17) is 11.6 Å². The summed E-state index contributed by atoms with van der Waals surface area (Å²) >= 11 is 5.34. The van der Waals surface area contributed by atoms with Gasteiger partial charge in [0.1, 0.15) is 5.88 Å². The molecule has 2 N–H and O–H groups in total. The maximum Gasteiger partial charge on any atom is 0.321 e. The third-order valence-corrected chi connectivity index (χ3v) is 3.79. The molecule has 2 rings (SSSR count). The van der Waals surface area contributed by atoms with Gasteiger partial charge in [0.25, 0.3) is 0 Å². The number of carbonyl (C=O) groups excluding carboxylic acids is 2. The number of benzene rings is 1. The predicted octanol–water partition coefficient (Wildman–Crippen LogP) is 1.72. The molecule has 0 saturated carbocycles. The highest BCUT2D eigenvalue weighted by Crippen LogP contribution is 2.13. The van der Waals surface area contributed by atoms with E-state index in [1.807, 2.05) is 18.2 Å². The molecule has 1 aromatic carbocycles. The number of hydrogen-bond acceptors (Lipinski definition) is 3. The van der Waals surface area contributed by atoms with Gasteiger partial charge in [0.2, 0.25) is 5.91 Å². The summed E-state index contributed by atoms with van der Waals surface area (Å²) in [5, 5.41) is 5.01. The van der Waals surface area contributed by atoms with Crippen LogP contribution in [-0.4, -0.2) is 41.8 Å². The highest BCUT2D eigenvalue weighted by atomic mass is 35.5. The lowest BCUT2D eigenvalue weighted by Crippen LogP contribution is -2.49. The zero-order valence-electron chi connectivity index (χ0n) is 11.8. The molecule has 1 fully saturated rings. The van der Waals surface area contributed by atoms with Gasteiger partial charge in [0.15, 0.2) is 0 Å². The number of nitrogens with one attached hydrogen (secondary N) is 2. The number of likely N-dealkylation sites (tertiary alicyclic amines) is 1.